The maximum Gasteiger partial charge on any atom is 0.342 e. The van der Waals surface area contributed by atoms with E-state index in [4.69, 9.17) is 24.1 Å². The molecule has 0 spiro atoms. The second-order valence-corrected chi connectivity index (χ2v) is 11.1. The van der Waals surface area contributed by atoms with Gasteiger partial charge in [0.1, 0.15) is 18.3 Å². The smallest absolute Gasteiger partial charge is 0.342 e. The van der Waals surface area contributed by atoms with Crippen LogP contribution in [0.2, 0.25) is 0 Å². The van der Waals surface area contributed by atoms with E-state index in [1.807, 2.05) is 13.0 Å². The summed E-state index contributed by atoms with van der Waals surface area (Å²) >= 11 is 0. The number of fused-ring (bicyclic) bond motifs is 3. The number of hydrogen-bond donors (Lipinski definition) is 1. The lowest BCUT2D eigenvalue weighted by molar-refractivity contribution is -0.187. The molecule has 2 aliphatic heterocycles. The van der Waals surface area contributed by atoms with E-state index < -0.39 is 35.3 Å². The van der Waals surface area contributed by atoms with Crippen molar-refractivity contribution < 1.29 is 48.0 Å². The van der Waals surface area contributed by atoms with Gasteiger partial charge in [-0.25, -0.2) is 4.79 Å². The second kappa shape index (κ2) is 10.7. The van der Waals surface area contributed by atoms with Crippen LogP contribution >= 0.6 is 0 Å². The van der Waals surface area contributed by atoms with Gasteiger partial charge in [0.25, 0.3) is 0 Å². The first-order chi connectivity index (χ1) is 17.9. The number of carboxylic acids is 1. The van der Waals surface area contributed by atoms with Crippen LogP contribution in [0.25, 0.3) is 0 Å². The minimum absolute atomic E-state index is 0.000161. The van der Waals surface area contributed by atoms with E-state index in [1.165, 1.54) is 0 Å². The Kier molecular flexibility index (Phi) is 7.80. The van der Waals surface area contributed by atoms with E-state index in [1.54, 1.807) is 6.08 Å². The van der Waals surface area contributed by atoms with Crippen molar-refractivity contribution in [3.8, 4) is 0 Å². The Morgan fingerprint density at radius 2 is 1.79 bits per heavy atom. The fraction of sp³-hybridized carbons (Fsp3) is 0.607. The third-order valence-electron chi connectivity index (χ3n) is 8.62. The van der Waals surface area contributed by atoms with Crippen LogP contribution in [0, 0.1) is 22.7 Å². The van der Waals surface area contributed by atoms with Gasteiger partial charge in [0, 0.05) is 11.3 Å². The number of cyclic esters (lactones) is 2. The van der Waals surface area contributed by atoms with Crippen LogP contribution in [-0.2, 0) is 42.9 Å². The SMILES string of the molecule is C=C1CCC2C3(C)COC(=O)CCC(=O)OC3CCC2(C)C1/C=C/C1=C(OC(=O)CCC(=O)O)COC1=O. The van der Waals surface area contributed by atoms with Crippen molar-refractivity contribution in [1.29, 1.82) is 0 Å². The van der Waals surface area contributed by atoms with Gasteiger partial charge in [0.2, 0.25) is 0 Å². The topological polar surface area (TPSA) is 142 Å². The molecule has 0 amide bonds. The lowest BCUT2D eigenvalue weighted by Crippen LogP contribution is -2.58. The van der Waals surface area contributed by atoms with Gasteiger partial charge >= 0.3 is 29.8 Å². The Labute approximate surface area is 221 Å². The van der Waals surface area contributed by atoms with Crippen LogP contribution in [0.15, 0.2) is 35.6 Å². The second-order valence-electron chi connectivity index (χ2n) is 11.1. The van der Waals surface area contributed by atoms with Crippen molar-refractivity contribution in [2.75, 3.05) is 13.2 Å². The number of carboxylic acid groups (broad SMARTS) is 1. The maximum absolute atomic E-state index is 12.4. The first-order valence-electron chi connectivity index (χ1n) is 13.0. The van der Waals surface area contributed by atoms with Crippen molar-refractivity contribution in [3.05, 3.63) is 35.6 Å². The van der Waals surface area contributed by atoms with Crippen molar-refractivity contribution >= 4 is 29.8 Å². The molecule has 2 heterocycles. The van der Waals surface area contributed by atoms with Gasteiger partial charge < -0.3 is 24.1 Å². The zero-order valence-electron chi connectivity index (χ0n) is 21.8. The standard InChI is InChI=1S/C28H34O10/c1-16-4-7-20-27(2,13-12-21-28(20,3)15-36-23(31)10-11-25(33)38-21)18(16)6-5-17-19(14-35-26(17)34)37-24(32)9-8-22(29)30/h5-6,18,20-21H,1,4,7-15H2,2-3H3,(H,29,30)/b6-5+. The lowest BCUT2D eigenvalue weighted by atomic mass is 9.46. The summed E-state index contributed by atoms with van der Waals surface area (Å²) in [6, 6.07) is 0. The summed E-state index contributed by atoms with van der Waals surface area (Å²) in [7, 11) is 0. The molecule has 10 heteroatoms. The van der Waals surface area contributed by atoms with E-state index in [-0.39, 0.29) is 73.6 Å². The van der Waals surface area contributed by atoms with Crippen molar-refractivity contribution in [3.63, 3.8) is 0 Å². The highest BCUT2D eigenvalue weighted by Crippen LogP contribution is 2.62. The van der Waals surface area contributed by atoms with Gasteiger partial charge in [0.15, 0.2) is 12.4 Å². The average Bonchev–Trinajstić information content (AvgIpc) is 3.21. The minimum Gasteiger partial charge on any atom is -0.481 e. The Morgan fingerprint density at radius 3 is 2.53 bits per heavy atom. The Bertz CT molecular complexity index is 1120. The summed E-state index contributed by atoms with van der Waals surface area (Å²) in [6.45, 7) is 8.43. The van der Waals surface area contributed by atoms with Crippen molar-refractivity contribution in [1.82, 2.24) is 0 Å². The Hall–Kier alpha value is -3.43. The zero-order chi connectivity index (χ0) is 27.7. The van der Waals surface area contributed by atoms with Gasteiger partial charge in [-0.1, -0.05) is 32.1 Å². The molecule has 206 valence electrons. The molecule has 10 nitrogen and oxygen atoms in total. The fourth-order valence-electron chi connectivity index (χ4n) is 6.62. The molecule has 0 bridgehead atoms. The number of carbonyl (C=O) groups is 5. The van der Waals surface area contributed by atoms with Crippen LogP contribution < -0.4 is 0 Å². The molecule has 4 rings (SSSR count). The molecule has 1 saturated heterocycles. The monoisotopic (exact) mass is 530 g/mol. The number of ether oxygens (including phenoxy) is 4. The van der Waals surface area contributed by atoms with Gasteiger partial charge in [-0.2, -0.15) is 0 Å². The van der Waals surface area contributed by atoms with Gasteiger partial charge in [-0.05, 0) is 43.1 Å². The lowest BCUT2D eigenvalue weighted by Gasteiger charge is -2.59. The summed E-state index contributed by atoms with van der Waals surface area (Å²) in [6.07, 6.45) is 5.24. The fourth-order valence-corrected chi connectivity index (χ4v) is 6.62. The van der Waals surface area contributed by atoms with E-state index in [0.29, 0.717) is 12.8 Å². The quantitative estimate of drug-likeness (QED) is 0.308. The molecule has 3 fully saturated rings. The number of carbonyl (C=O) groups excluding carboxylic acids is 4. The molecule has 1 N–H and O–H groups in total. The zero-order valence-corrected chi connectivity index (χ0v) is 21.8. The molecule has 5 atom stereocenters. The highest BCUT2D eigenvalue weighted by molar-refractivity contribution is 5.95. The van der Waals surface area contributed by atoms with Crippen LogP contribution in [-0.4, -0.2) is 54.3 Å². The molecule has 4 aliphatic rings. The van der Waals surface area contributed by atoms with Gasteiger partial charge in [-0.15, -0.1) is 0 Å². The Morgan fingerprint density at radius 1 is 1.05 bits per heavy atom. The van der Waals surface area contributed by atoms with Crippen LogP contribution in [0.3, 0.4) is 0 Å². The first-order valence-corrected chi connectivity index (χ1v) is 13.0. The van der Waals surface area contributed by atoms with E-state index >= 15 is 0 Å². The normalized spacial score (nSPS) is 33.8. The molecular weight excluding hydrogens is 496 g/mol. The minimum atomic E-state index is -1.12. The molecular formula is C28H34O10. The molecule has 2 saturated carbocycles. The molecule has 0 aromatic heterocycles. The molecule has 0 radical (unpaired) electrons. The molecule has 0 aromatic carbocycles. The summed E-state index contributed by atoms with van der Waals surface area (Å²) in [4.78, 5) is 59.8. The largest absolute Gasteiger partial charge is 0.481 e. The first kappa shape index (κ1) is 27.6. The third-order valence-corrected chi connectivity index (χ3v) is 8.62. The van der Waals surface area contributed by atoms with E-state index in [9.17, 15) is 24.0 Å². The number of hydrogen-bond acceptors (Lipinski definition) is 9. The highest BCUT2D eigenvalue weighted by atomic mass is 16.6. The van der Waals surface area contributed by atoms with Crippen molar-refractivity contribution in [2.24, 2.45) is 22.7 Å². The summed E-state index contributed by atoms with van der Waals surface area (Å²) in [5.41, 5.74) is 0.181. The molecule has 5 unspecified atom stereocenters. The van der Waals surface area contributed by atoms with Gasteiger partial charge in [-0.3, -0.25) is 19.2 Å². The average molecular weight is 531 g/mol. The van der Waals surface area contributed by atoms with Crippen molar-refractivity contribution in [2.45, 2.75) is 71.3 Å². The summed E-state index contributed by atoms with van der Waals surface area (Å²) < 4.78 is 21.8. The number of esters is 4. The predicted octanol–water partition coefficient (Wildman–Crippen LogP) is 3.40. The third kappa shape index (κ3) is 5.39. The Balaban J connectivity index is 1.60. The predicted molar refractivity (Wildman–Crippen MR) is 131 cm³/mol. The molecule has 2 aliphatic carbocycles. The number of rotatable bonds is 6. The number of aliphatic carboxylic acids is 1. The van der Waals surface area contributed by atoms with Crippen LogP contribution in [0.1, 0.15) is 65.2 Å². The maximum atomic E-state index is 12.4. The van der Waals surface area contributed by atoms with Gasteiger partial charge in [0.05, 0.1) is 25.7 Å². The molecule has 38 heavy (non-hydrogen) atoms. The summed E-state index contributed by atoms with van der Waals surface area (Å²) in [5, 5.41) is 8.78. The summed E-state index contributed by atoms with van der Waals surface area (Å²) in [5.74, 6) is -3.38. The van der Waals surface area contributed by atoms with E-state index in [0.717, 1.165) is 18.4 Å². The number of allylic oxidation sites excluding steroid dienone is 2. The highest BCUT2D eigenvalue weighted by Gasteiger charge is 2.59. The van der Waals surface area contributed by atoms with Crippen LogP contribution in [0.5, 0.6) is 0 Å². The van der Waals surface area contributed by atoms with E-state index in [2.05, 4.69) is 13.5 Å². The van der Waals surface area contributed by atoms with Crippen LogP contribution in [0.4, 0.5) is 0 Å². The molecule has 0 aromatic rings.